The molecule has 12 heteroatoms. The van der Waals surface area contributed by atoms with Gasteiger partial charge in [0.1, 0.15) is 33.4 Å². The molecule has 0 unspecified atom stereocenters. The van der Waals surface area contributed by atoms with Crippen LogP contribution in [-0.4, -0.2) is 59.1 Å². The molecular formula is C20H18FN9OS. The minimum absolute atomic E-state index is 0.410. The van der Waals surface area contributed by atoms with Gasteiger partial charge in [-0.05, 0) is 37.0 Å². The van der Waals surface area contributed by atoms with E-state index >= 15 is 0 Å². The van der Waals surface area contributed by atoms with Crippen LogP contribution in [0.15, 0.2) is 24.5 Å². The van der Waals surface area contributed by atoms with E-state index in [9.17, 15) is 4.39 Å². The number of aromatic nitrogens is 8. The normalized spacial score (nSPS) is 19.4. The molecule has 0 bridgehead atoms. The second kappa shape index (κ2) is 7.07. The number of rotatable bonds is 3. The van der Waals surface area contributed by atoms with Gasteiger partial charge in [0.15, 0.2) is 17.5 Å². The van der Waals surface area contributed by atoms with E-state index in [2.05, 4.69) is 41.6 Å². The Morgan fingerprint density at radius 2 is 2.09 bits per heavy atom. The lowest BCUT2D eigenvalue weighted by molar-refractivity contribution is 0.0390. The van der Waals surface area contributed by atoms with Gasteiger partial charge in [-0.15, -0.1) is 15.3 Å². The van der Waals surface area contributed by atoms with Crippen LogP contribution in [-0.2, 0) is 10.3 Å². The van der Waals surface area contributed by atoms with Crippen LogP contribution in [0.3, 0.4) is 0 Å². The molecule has 0 aliphatic carbocycles. The van der Waals surface area contributed by atoms with Gasteiger partial charge in [-0.25, -0.2) is 14.4 Å². The van der Waals surface area contributed by atoms with Crippen LogP contribution in [0.1, 0.15) is 25.0 Å². The summed E-state index contributed by atoms with van der Waals surface area (Å²) in [6.45, 7) is 5.82. The number of hydrogen-bond donors (Lipinski definition) is 0. The first-order chi connectivity index (χ1) is 15.6. The van der Waals surface area contributed by atoms with Crippen molar-refractivity contribution in [3.8, 4) is 27.8 Å². The highest BCUT2D eigenvalue weighted by molar-refractivity contribution is 7.09. The molecular weight excluding hydrogens is 433 g/mol. The lowest BCUT2D eigenvalue weighted by Gasteiger charge is -2.49. The van der Waals surface area contributed by atoms with E-state index in [1.54, 1.807) is 12.3 Å². The van der Waals surface area contributed by atoms with Gasteiger partial charge in [-0.1, -0.05) is 11.4 Å². The Balaban J connectivity index is 1.53. The summed E-state index contributed by atoms with van der Waals surface area (Å²) >= 11 is 1.18. The summed E-state index contributed by atoms with van der Waals surface area (Å²) in [4.78, 5) is 16.7. The van der Waals surface area contributed by atoms with Gasteiger partial charge in [-0.3, -0.25) is 9.55 Å². The molecule has 162 valence electrons. The minimum atomic E-state index is -0.453. The fourth-order valence-corrected chi connectivity index (χ4v) is 5.05. The van der Waals surface area contributed by atoms with Gasteiger partial charge >= 0.3 is 0 Å². The number of pyridine rings is 1. The fraction of sp³-hybridized carbons (Fsp3) is 0.350. The van der Waals surface area contributed by atoms with Crippen molar-refractivity contribution in [3.63, 3.8) is 0 Å². The van der Waals surface area contributed by atoms with E-state index in [-0.39, 0.29) is 0 Å². The van der Waals surface area contributed by atoms with Crippen molar-refractivity contribution in [2.24, 2.45) is 0 Å². The maximum absolute atomic E-state index is 13.3. The number of hydrogen-bond acceptors (Lipinski definition) is 10. The van der Waals surface area contributed by atoms with Gasteiger partial charge in [0, 0.05) is 6.54 Å². The SMILES string of the molecule is CC[C@]12COCCN1c1nc(-c3snnc3-c3ccc(F)cn3)ncc1-n1c(C)nnc12. The number of fused-ring (bicyclic) bond motifs is 6. The molecule has 6 heterocycles. The van der Waals surface area contributed by atoms with Gasteiger partial charge in [0.25, 0.3) is 0 Å². The molecule has 10 nitrogen and oxygen atoms in total. The zero-order valence-corrected chi connectivity index (χ0v) is 18.2. The Kier molecular flexibility index (Phi) is 4.27. The second-order valence-electron chi connectivity index (χ2n) is 7.71. The summed E-state index contributed by atoms with van der Waals surface area (Å²) in [5, 5.41) is 13.0. The van der Waals surface area contributed by atoms with Crippen LogP contribution in [0.5, 0.6) is 0 Å². The van der Waals surface area contributed by atoms with E-state index in [1.165, 1.54) is 17.6 Å². The Labute approximate surface area is 186 Å². The fourth-order valence-electron chi connectivity index (χ4n) is 4.44. The minimum Gasteiger partial charge on any atom is -0.377 e. The maximum atomic E-state index is 13.3. The highest BCUT2D eigenvalue weighted by Crippen LogP contribution is 2.45. The van der Waals surface area contributed by atoms with Gasteiger partial charge in [0.05, 0.1) is 31.3 Å². The van der Waals surface area contributed by atoms with Crippen LogP contribution in [0, 0.1) is 12.7 Å². The molecule has 4 aromatic rings. The summed E-state index contributed by atoms with van der Waals surface area (Å²) in [6.07, 6.45) is 3.73. The second-order valence-corrected chi connectivity index (χ2v) is 8.46. The number of nitrogens with zero attached hydrogens (tertiary/aromatic N) is 9. The van der Waals surface area contributed by atoms with E-state index in [1.807, 2.05) is 11.5 Å². The number of morpholine rings is 1. The molecule has 32 heavy (non-hydrogen) atoms. The third-order valence-electron chi connectivity index (χ3n) is 6.05. The first-order valence-electron chi connectivity index (χ1n) is 10.2. The molecule has 0 N–H and O–H groups in total. The zero-order chi connectivity index (χ0) is 21.9. The summed E-state index contributed by atoms with van der Waals surface area (Å²) in [5.74, 6) is 2.49. The maximum Gasteiger partial charge on any atom is 0.175 e. The number of aryl methyl sites for hydroxylation is 1. The summed E-state index contributed by atoms with van der Waals surface area (Å²) in [6, 6.07) is 2.92. The Bertz CT molecular complexity index is 1320. The van der Waals surface area contributed by atoms with Gasteiger partial charge < -0.3 is 9.64 Å². The molecule has 2 aliphatic rings. The molecule has 0 amide bonds. The van der Waals surface area contributed by atoms with Crippen LogP contribution in [0.4, 0.5) is 10.2 Å². The quantitative estimate of drug-likeness (QED) is 0.464. The van der Waals surface area contributed by atoms with Gasteiger partial charge in [0.2, 0.25) is 0 Å². The lowest BCUT2D eigenvalue weighted by atomic mass is 9.90. The Morgan fingerprint density at radius 3 is 2.91 bits per heavy atom. The van der Waals surface area contributed by atoms with E-state index < -0.39 is 11.4 Å². The molecule has 0 aromatic carbocycles. The van der Waals surface area contributed by atoms with Crippen molar-refractivity contribution in [3.05, 3.63) is 42.0 Å². The molecule has 4 aromatic heterocycles. The molecule has 1 fully saturated rings. The molecule has 1 atom stereocenters. The topological polar surface area (TPSA) is 108 Å². The molecule has 0 spiro atoms. The predicted molar refractivity (Wildman–Crippen MR) is 114 cm³/mol. The smallest absolute Gasteiger partial charge is 0.175 e. The van der Waals surface area contributed by atoms with Crippen LogP contribution in [0.25, 0.3) is 27.8 Å². The van der Waals surface area contributed by atoms with Crippen molar-refractivity contribution in [2.75, 3.05) is 24.7 Å². The largest absolute Gasteiger partial charge is 0.377 e. The van der Waals surface area contributed by atoms with Crippen molar-refractivity contribution in [1.82, 2.24) is 39.3 Å². The third-order valence-corrected chi connectivity index (χ3v) is 6.77. The number of ether oxygens (including phenoxy) is 1. The third kappa shape index (κ3) is 2.62. The van der Waals surface area contributed by atoms with E-state index in [0.717, 1.165) is 35.8 Å². The lowest BCUT2D eigenvalue weighted by Crippen LogP contribution is -2.58. The zero-order valence-electron chi connectivity index (χ0n) is 17.4. The van der Waals surface area contributed by atoms with E-state index in [0.29, 0.717) is 41.8 Å². The van der Waals surface area contributed by atoms with Crippen LogP contribution in [0.2, 0.25) is 0 Å². The summed E-state index contributed by atoms with van der Waals surface area (Å²) in [5.41, 5.74) is 1.42. The predicted octanol–water partition coefficient (Wildman–Crippen LogP) is 2.54. The Hall–Kier alpha value is -3.38. The average Bonchev–Trinajstić information content (AvgIpc) is 3.47. The van der Waals surface area contributed by atoms with Crippen LogP contribution >= 0.6 is 11.5 Å². The highest BCUT2D eigenvalue weighted by atomic mass is 32.1. The number of halogens is 1. The van der Waals surface area contributed by atoms with Crippen molar-refractivity contribution in [1.29, 1.82) is 0 Å². The van der Waals surface area contributed by atoms with E-state index in [4.69, 9.17) is 9.72 Å². The molecule has 6 rings (SSSR count). The van der Waals surface area contributed by atoms with Crippen LogP contribution < -0.4 is 4.90 Å². The summed E-state index contributed by atoms with van der Waals surface area (Å²) in [7, 11) is 0. The number of anilines is 1. The average molecular weight is 451 g/mol. The Morgan fingerprint density at radius 1 is 1.19 bits per heavy atom. The first kappa shape index (κ1) is 19.3. The summed E-state index contributed by atoms with van der Waals surface area (Å²) < 4.78 is 25.3. The van der Waals surface area contributed by atoms with Crippen molar-refractivity contribution < 1.29 is 9.13 Å². The van der Waals surface area contributed by atoms with Crippen molar-refractivity contribution in [2.45, 2.75) is 25.8 Å². The molecule has 0 radical (unpaired) electrons. The molecule has 0 saturated carbocycles. The highest BCUT2D eigenvalue weighted by Gasteiger charge is 2.49. The monoisotopic (exact) mass is 451 g/mol. The molecule has 1 saturated heterocycles. The van der Waals surface area contributed by atoms with Crippen molar-refractivity contribution >= 4 is 17.4 Å². The van der Waals surface area contributed by atoms with Gasteiger partial charge in [-0.2, -0.15) is 0 Å². The first-order valence-corrected chi connectivity index (χ1v) is 11.0. The molecule has 2 aliphatic heterocycles. The standard InChI is InChI=1S/C20H18FN9OS/c1-3-20-10-31-7-6-29(20)18-14(30-11(2)25-27-19(20)30)9-23-17(24-18)16-15(26-28-32-16)13-5-4-12(21)8-22-13/h4-5,8-9H,3,6-7,10H2,1-2H3/t20-/m1/s1.